The van der Waals surface area contributed by atoms with E-state index in [0.717, 1.165) is 18.2 Å². The molecule has 0 N–H and O–H groups in total. The molecule has 0 unspecified atom stereocenters. The smallest absolute Gasteiger partial charge is 0.411 e. The van der Waals surface area contributed by atoms with Crippen LogP contribution < -0.4 is 9.47 Å². The van der Waals surface area contributed by atoms with Crippen LogP contribution in [-0.2, 0) is 27.5 Å². The zero-order valence-electron chi connectivity index (χ0n) is 28.6. The average molecular weight is 752 g/mol. The molecule has 53 heavy (non-hydrogen) atoms. The first-order valence-electron chi connectivity index (χ1n) is 15.5. The third-order valence-corrected chi connectivity index (χ3v) is 7.27. The van der Waals surface area contributed by atoms with Gasteiger partial charge in [-0.25, -0.2) is 46.8 Å². The Hall–Kier alpha value is -6.19. The average Bonchev–Trinajstić information content (AvgIpc) is 3.57. The van der Waals surface area contributed by atoms with E-state index < -0.39 is 47.0 Å². The van der Waals surface area contributed by atoms with Gasteiger partial charge in [-0.15, -0.1) is 0 Å². The van der Waals surface area contributed by atoms with E-state index in [1.165, 1.54) is 60.6 Å². The molecule has 2 aromatic carbocycles. The number of ether oxygens (including phenoxy) is 4. The molecule has 274 valence electrons. The Balaban J connectivity index is 0.000000278. The first kappa shape index (κ1) is 39.6. The predicted molar refractivity (Wildman–Crippen MR) is 184 cm³/mol. The van der Waals surface area contributed by atoms with E-state index >= 15 is 0 Å². The minimum atomic E-state index is -1.03. The number of pyridine rings is 2. The highest BCUT2D eigenvalue weighted by Gasteiger charge is 2.38. The fourth-order valence-corrected chi connectivity index (χ4v) is 4.73. The summed E-state index contributed by atoms with van der Waals surface area (Å²) in [4.78, 5) is 40.3. The summed E-state index contributed by atoms with van der Waals surface area (Å²) in [5.74, 6) is -3.58. The molecule has 0 spiro atoms. The largest absolute Gasteiger partial charge is 0.484 e. The maximum Gasteiger partial charge on any atom is 0.411 e. The summed E-state index contributed by atoms with van der Waals surface area (Å²) >= 11 is 5.63. The number of carbonyl (C=O) groups is 2. The van der Waals surface area contributed by atoms with Crippen LogP contribution in [0.1, 0.15) is 37.9 Å². The Bertz CT molecular complexity index is 2130. The summed E-state index contributed by atoms with van der Waals surface area (Å²) in [6.07, 6.45) is 0.793. The van der Waals surface area contributed by atoms with Gasteiger partial charge in [-0.2, -0.15) is 0 Å². The summed E-state index contributed by atoms with van der Waals surface area (Å²) in [5.41, 5.74) is 0.176. The van der Waals surface area contributed by atoms with Gasteiger partial charge in [0.1, 0.15) is 47.0 Å². The van der Waals surface area contributed by atoms with Crippen molar-refractivity contribution in [3.63, 3.8) is 0 Å². The van der Waals surface area contributed by atoms with Gasteiger partial charge in [0, 0.05) is 0 Å². The molecular weight excluding hydrogens is 722 g/mol. The van der Waals surface area contributed by atoms with Crippen LogP contribution in [0.25, 0.3) is 15.3 Å². The second-order valence-electron chi connectivity index (χ2n) is 12.0. The molecule has 0 bridgehead atoms. The molecule has 0 radical (unpaired) electrons. The van der Waals surface area contributed by atoms with Crippen LogP contribution in [0.3, 0.4) is 0 Å². The van der Waals surface area contributed by atoms with Gasteiger partial charge in [0.2, 0.25) is 0 Å². The van der Waals surface area contributed by atoms with Crippen molar-refractivity contribution in [3.8, 4) is 11.5 Å². The Morgan fingerprint density at radius 1 is 0.830 bits per heavy atom. The highest BCUT2D eigenvalue weighted by atomic mass is 35.5. The van der Waals surface area contributed by atoms with Crippen molar-refractivity contribution in [1.82, 2.24) is 14.9 Å². The van der Waals surface area contributed by atoms with Gasteiger partial charge in [0.15, 0.2) is 40.6 Å². The minimum Gasteiger partial charge on any atom is -0.484 e. The number of rotatable bonds is 8. The number of esters is 1. The van der Waals surface area contributed by atoms with E-state index in [-0.39, 0.29) is 59.2 Å². The molecule has 1 aliphatic heterocycles. The molecule has 11 nitrogen and oxygen atoms in total. The lowest BCUT2D eigenvalue weighted by Gasteiger charge is -2.27. The second kappa shape index (κ2) is 17.4. The molecule has 0 saturated heterocycles. The normalized spacial score (nSPS) is 13.5. The fraction of sp³-hybridized carbons (Fsp3) is 0.243. The molecule has 3 heterocycles. The first-order chi connectivity index (χ1) is 25.1. The maximum atomic E-state index is 14.4. The van der Waals surface area contributed by atoms with Gasteiger partial charge >= 0.3 is 12.1 Å². The topological polar surface area (TPSA) is 109 Å². The van der Waals surface area contributed by atoms with E-state index in [1.807, 2.05) is 0 Å². The van der Waals surface area contributed by atoms with Crippen LogP contribution in [0, 0.1) is 36.4 Å². The monoisotopic (exact) mass is 751 g/mol. The van der Waals surface area contributed by atoms with Crippen LogP contribution >= 0.6 is 11.6 Å². The molecule has 4 aromatic rings. The lowest BCUT2D eigenvalue weighted by Crippen LogP contribution is -2.44. The van der Waals surface area contributed by atoms with E-state index in [2.05, 4.69) is 19.7 Å². The molecule has 1 atom stereocenters. The van der Waals surface area contributed by atoms with Gasteiger partial charge in [-0.3, -0.25) is 4.90 Å². The number of hydrogen-bond acceptors (Lipinski definition) is 8. The molecular formula is C37H30ClF4N5O6. The molecule has 1 amide bonds. The highest BCUT2D eigenvalue weighted by molar-refractivity contribution is 6.29. The fourth-order valence-electron chi connectivity index (χ4n) is 4.56. The third kappa shape index (κ3) is 10.7. The van der Waals surface area contributed by atoms with Crippen LogP contribution in [-0.4, -0.2) is 52.2 Å². The number of nitrogens with zero attached hydrogens (tertiary/aromatic N) is 5. The van der Waals surface area contributed by atoms with E-state index in [0.29, 0.717) is 11.3 Å². The molecule has 0 aliphatic carbocycles. The maximum absolute atomic E-state index is 14.4. The number of halogens is 5. The zero-order chi connectivity index (χ0) is 38.9. The predicted octanol–water partition coefficient (Wildman–Crippen LogP) is 8.81. The van der Waals surface area contributed by atoms with Crippen molar-refractivity contribution in [1.29, 1.82) is 0 Å². The summed E-state index contributed by atoms with van der Waals surface area (Å²) in [6.45, 7) is 18.1. The van der Waals surface area contributed by atoms with Crippen LogP contribution in [0.4, 0.5) is 33.7 Å². The van der Waals surface area contributed by atoms with Crippen LogP contribution in [0.15, 0.2) is 66.7 Å². The van der Waals surface area contributed by atoms with Crippen molar-refractivity contribution >= 4 is 40.6 Å². The van der Waals surface area contributed by atoms with Gasteiger partial charge in [-0.05, 0) is 81.0 Å². The Labute approximate surface area is 307 Å². The van der Waals surface area contributed by atoms with Crippen molar-refractivity contribution < 1.29 is 46.1 Å². The molecule has 5 rings (SSSR count). The molecule has 0 fully saturated rings. The Kier molecular flexibility index (Phi) is 13.0. The summed E-state index contributed by atoms with van der Waals surface area (Å²) in [7, 11) is 1.21. The highest BCUT2D eigenvalue weighted by Crippen LogP contribution is 2.29. The van der Waals surface area contributed by atoms with Crippen LogP contribution in [0.5, 0.6) is 11.5 Å². The van der Waals surface area contributed by atoms with Crippen molar-refractivity contribution in [2.75, 3.05) is 13.7 Å². The molecule has 16 heteroatoms. The number of methoxy groups -OCH3 is 1. The lowest BCUT2D eigenvalue weighted by atomic mass is 10.1. The SMILES string of the molecule is [C-]#[N+]c1ccc(OCc2nc(C3=C[C@H](C(=O)OC)N(C(=O)OC(C)(C)C)C3)ccc2F)c(F)c1.[C-]#[N+]c1ccc(OCc2nc(Cl)ccc2F)c(F)c1. The number of amides is 1. The summed E-state index contributed by atoms with van der Waals surface area (Å²) in [5, 5.41) is 0.129. The standard InChI is InChI=1S/C24H23F2N3O5.C13H7ClF2N2O/c1-24(2,3)34-23(31)29-12-14(10-20(29)22(30)32-5)18-8-7-16(25)19(28-18)13-33-21-9-6-15(27-4)11-17(21)26;1-17-8-2-4-12(10(16)6-8)19-7-11-9(15)3-5-13(14)18-11/h6-11,20H,12-13H2,1-3,5H3;2-6H,7H2/t20-;/m1./s1. The van der Waals surface area contributed by atoms with Crippen molar-refractivity contribution in [3.05, 3.63) is 135 Å². The third-order valence-electron chi connectivity index (χ3n) is 7.06. The lowest BCUT2D eigenvalue weighted by molar-refractivity contribution is -0.144. The molecule has 1 aliphatic rings. The first-order valence-corrected chi connectivity index (χ1v) is 15.8. The van der Waals surface area contributed by atoms with E-state index in [1.54, 1.807) is 20.8 Å². The van der Waals surface area contributed by atoms with Gasteiger partial charge < -0.3 is 18.9 Å². The quantitative estimate of drug-likeness (QED) is 0.0761. The zero-order valence-corrected chi connectivity index (χ0v) is 29.4. The second-order valence-corrected chi connectivity index (χ2v) is 12.4. The van der Waals surface area contributed by atoms with E-state index in [9.17, 15) is 27.2 Å². The van der Waals surface area contributed by atoms with Crippen molar-refractivity contribution in [2.24, 2.45) is 0 Å². The van der Waals surface area contributed by atoms with Gasteiger partial charge in [0.05, 0.1) is 32.5 Å². The molecule has 2 aromatic heterocycles. The minimum absolute atomic E-state index is 0.0128. The Morgan fingerprint density at radius 2 is 1.36 bits per heavy atom. The summed E-state index contributed by atoms with van der Waals surface area (Å²) in [6, 6.07) is 11.5. The number of aromatic nitrogens is 2. The van der Waals surface area contributed by atoms with E-state index in [4.69, 9.17) is 43.7 Å². The van der Waals surface area contributed by atoms with Gasteiger partial charge in [-0.1, -0.05) is 23.7 Å². The summed E-state index contributed by atoms with van der Waals surface area (Å²) < 4.78 is 76.0. The number of hydrogen-bond donors (Lipinski definition) is 0. The number of benzene rings is 2. The molecule has 0 saturated carbocycles. The number of carbonyl (C=O) groups excluding carboxylic acids is 2. The van der Waals surface area contributed by atoms with Gasteiger partial charge in [0.25, 0.3) is 0 Å². The van der Waals surface area contributed by atoms with Crippen molar-refractivity contribution in [2.45, 2.75) is 45.6 Å². The van der Waals surface area contributed by atoms with Crippen LogP contribution in [0.2, 0.25) is 5.15 Å². The Morgan fingerprint density at radius 3 is 1.85 bits per heavy atom.